The Hall–Kier alpha value is -1.63. The predicted molar refractivity (Wildman–Crippen MR) is 118 cm³/mol. The molecule has 0 amide bonds. The van der Waals surface area contributed by atoms with Gasteiger partial charge >= 0.3 is 0 Å². The highest BCUT2D eigenvalue weighted by Crippen LogP contribution is 2.17. The number of benzene rings is 1. The lowest BCUT2D eigenvalue weighted by molar-refractivity contribution is 0.0420. The van der Waals surface area contributed by atoms with Crippen LogP contribution in [0.1, 0.15) is 31.7 Å². The molecule has 6 nitrogen and oxygen atoms in total. The molecule has 2 aliphatic heterocycles. The maximum atomic E-state index is 5.82. The highest BCUT2D eigenvalue weighted by atomic mass is 16.5. The van der Waals surface area contributed by atoms with Gasteiger partial charge in [0.1, 0.15) is 0 Å². The first-order chi connectivity index (χ1) is 14.3. The second kappa shape index (κ2) is 12.8. The van der Waals surface area contributed by atoms with Gasteiger partial charge in [0.25, 0.3) is 0 Å². The highest BCUT2D eigenvalue weighted by Gasteiger charge is 2.22. The number of nitrogens with one attached hydrogen (secondary N) is 2. The first-order valence-electron chi connectivity index (χ1n) is 11.3. The molecule has 1 aromatic rings. The van der Waals surface area contributed by atoms with Crippen molar-refractivity contribution < 1.29 is 9.47 Å². The van der Waals surface area contributed by atoms with Crippen molar-refractivity contribution in [3.8, 4) is 0 Å². The fourth-order valence-electron chi connectivity index (χ4n) is 3.93. The van der Waals surface area contributed by atoms with Gasteiger partial charge in [0, 0.05) is 45.9 Å². The summed E-state index contributed by atoms with van der Waals surface area (Å²) in [6.07, 6.45) is 4.69. The van der Waals surface area contributed by atoms with Crippen molar-refractivity contribution in [2.75, 3.05) is 59.1 Å². The van der Waals surface area contributed by atoms with Crippen molar-refractivity contribution in [3.63, 3.8) is 0 Å². The van der Waals surface area contributed by atoms with Crippen molar-refractivity contribution in [1.82, 2.24) is 15.5 Å². The number of nitrogens with zero attached hydrogens (tertiary/aromatic N) is 2. The largest absolute Gasteiger partial charge is 0.379 e. The molecule has 2 aliphatic rings. The van der Waals surface area contributed by atoms with E-state index in [2.05, 4.69) is 52.8 Å². The van der Waals surface area contributed by atoms with E-state index < -0.39 is 0 Å². The molecule has 2 N–H and O–H groups in total. The maximum Gasteiger partial charge on any atom is 0.191 e. The van der Waals surface area contributed by atoms with Gasteiger partial charge in [-0.1, -0.05) is 30.3 Å². The van der Waals surface area contributed by atoms with Crippen LogP contribution in [0.5, 0.6) is 0 Å². The highest BCUT2D eigenvalue weighted by molar-refractivity contribution is 5.79. The summed E-state index contributed by atoms with van der Waals surface area (Å²) in [5, 5.41) is 6.80. The van der Waals surface area contributed by atoms with E-state index in [1.54, 1.807) is 0 Å². The average molecular weight is 403 g/mol. The lowest BCUT2D eigenvalue weighted by Gasteiger charge is -2.16. The number of rotatable bonds is 11. The monoisotopic (exact) mass is 402 g/mol. The van der Waals surface area contributed by atoms with Crippen LogP contribution >= 0.6 is 0 Å². The van der Waals surface area contributed by atoms with E-state index in [0.29, 0.717) is 12.0 Å². The number of ether oxygens (including phenoxy) is 2. The molecule has 0 spiro atoms. The molecule has 6 heteroatoms. The Morgan fingerprint density at radius 3 is 2.93 bits per heavy atom. The van der Waals surface area contributed by atoms with Crippen molar-refractivity contribution in [3.05, 3.63) is 35.9 Å². The molecule has 2 heterocycles. The normalized spacial score (nSPS) is 22.9. The number of hydrogen-bond acceptors (Lipinski definition) is 4. The van der Waals surface area contributed by atoms with Crippen LogP contribution in [0.15, 0.2) is 35.3 Å². The molecule has 0 aromatic heterocycles. The van der Waals surface area contributed by atoms with E-state index in [1.807, 2.05) is 0 Å². The molecule has 3 rings (SSSR count). The summed E-state index contributed by atoms with van der Waals surface area (Å²) in [6.45, 7) is 10.6. The van der Waals surface area contributed by atoms with Gasteiger partial charge in [0.2, 0.25) is 0 Å². The molecule has 1 aromatic carbocycles. The zero-order chi connectivity index (χ0) is 20.2. The van der Waals surface area contributed by atoms with Crippen LogP contribution in [0.25, 0.3) is 0 Å². The third kappa shape index (κ3) is 8.33. The Bertz CT molecular complexity index is 590. The van der Waals surface area contributed by atoms with Crippen molar-refractivity contribution in [2.45, 2.75) is 38.7 Å². The number of aliphatic imine (C=N–C) groups is 1. The molecule has 2 unspecified atom stereocenters. The summed E-state index contributed by atoms with van der Waals surface area (Å²) in [4.78, 5) is 7.41. The topological polar surface area (TPSA) is 58.1 Å². The third-order valence-electron chi connectivity index (χ3n) is 5.64. The first kappa shape index (κ1) is 22.1. The fraction of sp³-hybridized carbons (Fsp3) is 0.696. The van der Waals surface area contributed by atoms with E-state index >= 15 is 0 Å². The first-order valence-corrected chi connectivity index (χ1v) is 11.3. The summed E-state index contributed by atoms with van der Waals surface area (Å²) in [7, 11) is 0. The zero-order valence-electron chi connectivity index (χ0n) is 17.9. The fourth-order valence-corrected chi connectivity index (χ4v) is 3.93. The SMILES string of the molecule is CCNC(=NCC1CCN(CCc2ccccc2)C1)NCCCOC1CCOC1. The lowest BCUT2D eigenvalue weighted by Crippen LogP contribution is -2.38. The van der Waals surface area contributed by atoms with Crippen molar-refractivity contribution >= 4 is 5.96 Å². The molecular formula is C23H38N4O2. The molecule has 162 valence electrons. The number of guanidine groups is 1. The van der Waals surface area contributed by atoms with Gasteiger partial charge in [-0.25, -0.2) is 0 Å². The minimum Gasteiger partial charge on any atom is -0.379 e. The van der Waals surface area contributed by atoms with E-state index in [-0.39, 0.29) is 0 Å². The van der Waals surface area contributed by atoms with Gasteiger partial charge in [-0.2, -0.15) is 0 Å². The quantitative estimate of drug-likeness (QED) is 0.338. The standard InChI is InChI=1S/C23H38N4O2/c1-2-24-23(25-12-6-15-29-22-11-16-28-19-22)26-17-21-10-14-27(18-21)13-9-20-7-4-3-5-8-20/h3-5,7-8,21-22H,2,6,9-19H2,1H3,(H2,24,25,26). The summed E-state index contributed by atoms with van der Waals surface area (Å²) < 4.78 is 11.2. The summed E-state index contributed by atoms with van der Waals surface area (Å²) in [6, 6.07) is 10.8. The van der Waals surface area contributed by atoms with Gasteiger partial charge in [-0.3, -0.25) is 4.99 Å². The Morgan fingerprint density at radius 2 is 2.14 bits per heavy atom. The van der Waals surface area contributed by atoms with Crippen LogP contribution in [-0.2, 0) is 15.9 Å². The van der Waals surface area contributed by atoms with Crippen LogP contribution < -0.4 is 10.6 Å². The smallest absolute Gasteiger partial charge is 0.191 e. The van der Waals surface area contributed by atoms with Crippen LogP contribution in [0, 0.1) is 5.92 Å². The van der Waals surface area contributed by atoms with Gasteiger partial charge in [-0.15, -0.1) is 0 Å². The van der Waals surface area contributed by atoms with Crippen LogP contribution in [0.4, 0.5) is 0 Å². The Labute approximate surface area is 176 Å². The third-order valence-corrected chi connectivity index (χ3v) is 5.64. The number of hydrogen-bond donors (Lipinski definition) is 2. The Balaban J connectivity index is 1.30. The lowest BCUT2D eigenvalue weighted by atomic mass is 10.1. The number of likely N-dealkylation sites (tertiary alicyclic amines) is 1. The summed E-state index contributed by atoms with van der Waals surface area (Å²) in [5.41, 5.74) is 1.43. The summed E-state index contributed by atoms with van der Waals surface area (Å²) in [5.74, 6) is 1.59. The van der Waals surface area contributed by atoms with E-state index in [0.717, 1.165) is 77.8 Å². The average Bonchev–Trinajstić information content (AvgIpc) is 3.43. The Morgan fingerprint density at radius 1 is 1.24 bits per heavy atom. The molecule has 2 atom stereocenters. The molecule has 0 radical (unpaired) electrons. The van der Waals surface area contributed by atoms with Crippen LogP contribution in [-0.4, -0.2) is 76.1 Å². The molecule has 0 bridgehead atoms. The molecule has 2 fully saturated rings. The zero-order valence-corrected chi connectivity index (χ0v) is 17.9. The minimum absolute atomic E-state index is 0.295. The van der Waals surface area contributed by atoms with Crippen molar-refractivity contribution in [1.29, 1.82) is 0 Å². The van der Waals surface area contributed by atoms with Crippen LogP contribution in [0.3, 0.4) is 0 Å². The van der Waals surface area contributed by atoms with E-state index in [4.69, 9.17) is 14.5 Å². The van der Waals surface area contributed by atoms with Gasteiger partial charge in [0.15, 0.2) is 5.96 Å². The Kier molecular flexibility index (Phi) is 9.76. The summed E-state index contributed by atoms with van der Waals surface area (Å²) >= 11 is 0. The minimum atomic E-state index is 0.295. The second-order valence-corrected chi connectivity index (χ2v) is 8.05. The molecule has 29 heavy (non-hydrogen) atoms. The van der Waals surface area contributed by atoms with Gasteiger partial charge < -0.3 is 25.0 Å². The predicted octanol–water partition coefficient (Wildman–Crippen LogP) is 2.30. The maximum absolute atomic E-state index is 5.82. The molecule has 2 saturated heterocycles. The van der Waals surface area contributed by atoms with E-state index in [1.165, 1.54) is 18.5 Å². The van der Waals surface area contributed by atoms with Crippen LogP contribution in [0.2, 0.25) is 0 Å². The van der Waals surface area contributed by atoms with E-state index in [9.17, 15) is 0 Å². The molecular weight excluding hydrogens is 364 g/mol. The van der Waals surface area contributed by atoms with Gasteiger partial charge in [0.05, 0.1) is 12.7 Å². The van der Waals surface area contributed by atoms with Gasteiger partial charge in [-0.05, 0) is 50.6 Å². The van der Waals surface area contributed by atoms with Crippen molar-refractivity contribution in [2.24, 2.45) is 10.9 Å². The molecule has 0 saturated carbocycles. The molecule has 0 aliphatic carbocycles. The second-order valence-electron chi connectivity index (χ2n) is 8.05.